The molecule has 0 bridgehead atoms. The lowest BCUT2D eigenvalue weighted by atomic mass is 10.2. The molecule has 0 radical (unpaired) electrons. The second kappa shape index (κ2) is 4.23. The molecule has 0 aliphatic carbocycles. The van der Waals surface area contributed by atoms with Gasteiger partial charge in [0.1, 0.15) is 5.75 Å². The zero-order valence-electron chi connectivity index (χ0n) is 8.91. The van der Waals surface area contributed by atoms with E-state index in [1.807, 2.05) is 25.1 Å². The second-order valence-corrected chi connectivity index (χ2v) is 3.55. The Hall–Kier alpha value is -2.03. The normalized spacial score (nSPS) is 10.1. The summed E-state index contributed by atoms with van der Waals surface area (Å²) in [6.45, 7) is 1.81. The average molecular weight is 217 g/mol. The van der Waals surface area contributed by atoms with E-state index < -0.39 is 5.82 Å². The van der Waals surface area contributed by atoms with Gasteiger partial charge in [0.25, 0.3) is 0 Å². The highest BCUT2D eigenvalue weighted by Gasteiger charge is 2.07. The van der Waals surface area contributed by atoms with Crippen molar-refractivity contribution in [3.63, 3.8) is 0 Å². The molecule has 2 N–H and O–H groups in total. The van der Waals surface area contributed by atoms with E-state index in [1.165, 1.54) is 6.07 Å². The summed E-state index contributed by atoms with van der Waals surface area (Å²) in [4.78, 5) is 0. The van der Waals surface area contributed by atoms with Gasteiger partial charge in [-0.2, -0.15) is 0 Å². The fourth-order valence-corrected chi connectivity index (χ4v) is 1.36. The Kier molecular flexibility index (Phi) is 2.77. The van der Waals surface area contributed by atoms with Crippen LogP contribution in [-0.4, -0.2) is 0 Å². The maximum absolute atomic E-state index is 13.5. The SMILES string of the molecule is Cc1cc(Oc2ccccc2)c(F)cc1N. The molecule has 0 atom stereocenters. The van der Waals surface area contributed by atoms with Crippen molar-refractivity contribution in [1.29, 1.82) is 0 Å². The summed E-state index contributed by atoms with van der Waals surface area (Å²) in [6.07, 6.45) is 0. The number of hydrogen-bond acceptors (Lipinski definition) is 2. The van der Waals surface area contributed by atoms with E-state index >= 15 is 0 Å². The molecule has 0 spiro atoms. The molecule has 0 aliphatic rings. The molecule has 0 aromatic heterocycles. The zero-order chi connectivity index (χ0) is 11.5. The highest BCUT2D eigenvalue weighted by molar-refractivity contribution is 5.51. The molecule has 0 heterocycles. The van der Waals surface area contributed by atoms with Gasteiger partial charge in [0.15, 0.2) is 11.6 Å². The van der Waals surface area contributed by atoms with Gasteiger partial charge < -0.3 is 10.5 Å². The first kappa shape index (κ1) is 10.5. The van der Waals surface area contributed by atoms with Crippen LogP contribution < -0.4 is 10.5 Å². The van der Waals surface area contributed by atoms with Crippen LogP contribution >= 0.6 is 0 Å². The predicted octanol–water partition coefficient (Wildman–Crippen LogP) is 3.51. The van der Waals surface area contributed by atoms with Gasteiger partial charge in [0, 0.05) is 11.8 Å². The van der Waals surface area contributed by atoms with Gasteiger partial charge in [0.2, 0.25) is 0 Å². The monoisotopic (exact) mass is 217 g/mol. The van der Waals surface area contributed by atoms with Crippen LogP contribution in [0.1, 0.15) is 5.56 Å². The Morgan fingerprint density at radius 3 is 2.50 bits per heavy atom. The first-order valence-corrected chi connectivity index (χ1v) is 4.95. The van der Waals surface area contributed by atoms with Crippen molar-refractivity contribution in [2.45, 2.75) is 6.92 Å². The van der Waals surface area contributed by atoms with Crippen molar-refractivity contribution in [3.05, 3.63) is 53.8 Å². The van der Waals surface area contributed by atoms with Crippen molar-refractivity contribution in [2.75, 3.05) is 5.73 Å². The molecule has 0 fully saturated rings. The molecular formula is C13H12FNO. The molecule has 0 amide bonds. The number of para-hydroxylation sites is 1. The van der Waals surface area contributed by atoms with Crippen molar-refractivity contribution in [1.82, 2.24) is 0 Å². The van der Waals surface area contributed by atoms with Gasteiger partial charge in [-0.25, -0.2) is 4.39 Å². The van der Waals surface area contributed by atoms with Crippen LogP contribution in [0.4, 0.5) is 10.1 Å². The van der Waals surface area contributed by atoms with Gasteiger partial charge in [0.05, 0.1) is 0 Å². The third-order valence-electron chi connectivity index (χ3n) is 2.29. The van der Waals surface area contributed by atoms with Crippen LogP contribution in [0.15, 0.2) is 42.5 Å². The summed E-state index contributed by atoms with van der Waals surface area (Å²) in [5, 5.41) is 0. The number of ether oxygens (including phenoxy) is 1. The van der Waals surface area contributed by atoms with Gasteiger partial charge in [-0.3, -0.25) is 0 Å². The molecule has 2 nitrogen and oxygen atoms in total. The maximum atomic E-state index is 13.5. The lowest BCUT2D eigenvalue weighted by Gasteiger charge is -2.08. The molecule has 82 valence electrons. The van der Waals surface area contributed by atoms with Crippen LogP contribution in [0.5, 0.6) is 11.5 Å². The Labute approximate surface area is 93.5 Å². The highest BCUT2D eigenvalue weighted by Crippen LogP contribution is 2.27. The fraction of sp³-hybridized carbons (Fsp3) is 0.0769. The molecule has 2 rings (SSSR count). The van der Waals surface area contributed by atoms with E-state index in [0.717, 1.165) is 5.56 Å². The van der Waals surface area contributed by atoms with Crippen LogP contribution in [0, 0.1) is 12.7 Å². The minimum absolute atomic E-state index is 0.193. The summed E-state index contributed by atoms with van der Waals surface area (Å²) in [7, 11) is 0. The van der Waals surface area contributed by atoms with Crippen molar-refractivity contribution in [2.24, 2.45) is 0 Å². The molecule has 2 aromatic carbocycles. The minimum Gasteiger partial charge on any atom is -0.454 e. The van der Waals surface area contributed by atoms with Gasteiger partial charge in [-0.15, -0.1) is 0 Å². The van der Waals surface area contributed by atoms with E-state index in [1.54, 1.807) is 18.2 Å². The molecule has 3 heteroatoms. The summed E-state index contributed by atoms with van der Waals surface area (Å²) in [5.41, 5.74) is 6.81. The predicted molar refractivity (Wildman–Crippen MR) is 62.1 cm³/mol. The minimum atomic E-state index is -0.452. The molecule has 16 heavy (non-hydrogen) atoms. The second-order valence-electron chi connectivity index (χ2n) is 3.55. The molecule has 2 aromatic rings. The standard InChI is InChI=1S/C13H12FNO/c1-9-7-13(11(14)8-12(9)15)16-10-5-3-2-4-6-10/h2-8H,15H2,1H3. The van der Waals surface area contributed by atoms with Gasteiger partial charge in [-0.1, -0.05) is 18.2 Å². The zero-order valence-corrected chi connectivity index (χ0v) is 8.91. The van der Waals surface area contributed by atoms with Crippen molar-refractivity contribution < 1.29 is 9.13 Å². The van der Waals surface area contributed by atoms with E-state index in [-0.39, 0.29) is 5.75 Å². The summed E-state index contributed by atoms with van der Waals surface area (Å²) < 4.78 is 18.9. The Morgan fingerprint density at radius 2 is 1.81 bits per heavy atom. The van der Waals surface area contributed by atoms with E-state index in [9.17, 15) is 4.39 Å². The topological polar surface area (TPSA) is 35.2 Å². The molecule has 0 saturated heterocycles. The first-order chi connectivity index (χ1) is 7.66. The lowest BCUT2D eigenvalue weighted by Crippen LogP contribution is -1.94. The van der Waals surface area contributed by atoms with E-state index in [4.69, 9.17) is 10.5 Å². The molecule has 0 aliphatic heterocycles. The molecular weight excluding hydrogens is 205 g/mol. The quantitative estimate of drug-likeness (QED) is 0.781. The van der Waals surface area contributed by atoms with Gasteiger partial charge >= 0.3 is 0 Å². The van der Waals surface area contributed by atoms with Crippen molar-refractivity contribution in [3.8, 4) is 11.5 Å². The highest BCUT2D eigenvalue weighted by atomic mass is 19.1. The number of anilines is 1. The summed E-state index contributed by atoms with van der Waals surface area (Å²) in [6, 6.07) is 11.9. The average Bonchev–Trinajstić information content (AvgIpc) is 2.27. The maximum Gasteiger partial charge on any atom is 0.167 e. The van der Waals surface area contributed by atoms with E-state index in [2.05, 4.69) is 0 Å². The summed E-state index contributed by atoms with van der Waals surface area (Å²) >= 11 is 0. The van der Waals surface area contributed by atoms with Gasteiger partial charge in [-0.05, 0) is 30.7 Å². The van der Waals surface area contributed by atoms with Crippen LogP contribution in [0.3, 0.4) is 0 Å². The number of nitrogens with two attached hydrogens (primary N) is 1. The number of halogens is 1. The Bertz CT molecular complexity index is 497. The smallest absolute Gasteiger partial charge is 0.167 e. The number of aryl methyl sites for hydroxylation is 1. The Balaban J connectivity index is 2.32. The first-order valence-electron chi connectivity index (χ1n) is 4.95. The number of rotatable bonds is 2. The fourth-order valence-electron chi connectivity index (χ4n) is 1.36. The summed E-state index contributed by atoms with van der Waals surface area (Å²) in [5.74, 6) is 0.343. The third kappa shape index (κ3) is 2.14. The van der Waals surface area contributed by atoms with Crippen LogP contribution in [0.2, 0.25) is 0 Å². The Morgan fingerprint density at radius 1 is 1.12 bits per heavy atom. The number of hydrogen-bond donors (Lipinski definition) is 1. The molecule has 0 unspecified atom stereocenters. The van der Waals surface area contributed by atoms with Crippen LogP contribution in [0.25, 0.3) is 0 Å². The van der Waals surface area contributed by atoms with Crippen LogP contribution in [-0.2, 0) is 0 Å². The third-order valence-corrected chi connectivity index (χ3v) is 2.29. The largest absolute Gasteiger partial charge is 0.454 e. The number of benzene rings is 2. The number of nitrogen functional groups attached to an aromatic ring is 1. The van der Waals surface area contributed by atoms with E-state index in [0.29, 0.717) is 11.4 Å². The lowest BCUT2D eigenvalue weighted by molar-refractivity contribution is 0.442. The molecule has 0 saturated carbocycles. The van der Waals surface area contributed by atoms with Crippen molar-refractivity contribution >= 4 is 5.69 Å².